The van der Waals surface area contributed by atoms with Crippen molar-refractivity contribution in [3.63, 3.8) is 0 Å². The van der Waals surface area contributed by atoms with Crippen molar-refractivity contribution in [2.75, 3.05) is 6.54 Å². The lowest BCUT2D eigenvalue weighted by atomic mass is 10.0. The van der Waals surface area contributed by atoms with Crippen molar-refractivity contribution in [1.29, 1.82) is 0 Å². The molecule has 1 heterocycles. The van der Waals surface area contributed by atoms with Gasteiger partial charge in [0.05, 0.1) is 12.4 Å². The Bertz CT molecular complexity index is 317. The Morgan fingerprint density at radius 2 is 2.11 bits per heavy atom. The quantitative estimate of drug-likeness (QED) is 0.829. The molecule has 0 aromatic carbocycles. The molecule has 1 aromatic rings. The summed E-state index contributed by atoms with van der Waals surface area (Å²) in [6.45, 7) is 5.42. The SMILES string of the molecule is CC(C)C[C@H](N)C(=O)NCCn1ccnc1.Cl.Cl. The summed E-state index contributed by atoms with van der Waals surface area (Å²) in [5.41, 5.74) is 5.75. The highest BCUT2D eigenvalue weighted by Crippen LogP contribution is 2.02. The Labute approximate surface area is 120 Å². The Hall–Kier alpha value is -0.780. The minimum Gasteiger partial charge on any atom is -0.353 e. The van der Waals surface area contributed by atoms with Gasteiger partial charge in [0.1, 0.15) is 0 Å². The number of hydrogen-bond acceptors (Lipinski definition) is 3. The maximum Gasteiger partial charge on any atom is 0.236 e. The number of carbonyl (C=O) groups is 1. The number of imidazole rings is 1. The van der Waals surface area contributed by atoms with Crippen LogP contribution in [-0.4, -0.2) is 28.0 Å². The largest absolute Gasteiger partial charge is 0.353 e. The predicted molar refractivity (Wildman–Crippen MR) is 77.2 cm³/mol. The number of nitrogens with one attached hydrogen (secondary N) is 1. The van der Waals surface area contributed by atoms with E-state index in [9.17, 15) is 4.79 Å². The van der Waals surface area contributed by atoms with Gasteiger partial charge < -0.3 is 15.6 Å². The summed E-state index contributed by atoms with van der Waals surface area (Å²) in [5, 5.41) is 2.81. The lowest BCUT2D eigenvalue weighted by molar-refractivity contribution is -0.122. The van der Waals surface area contributed by atoms with E-state index in [0.29, 0.717) is 12.5 Å². The number of carbonyl (C=O) groups excluding carboxylic acids is 1. The van der Waals surface area contributed by atoms with Crippen LogP contribution in [0.25, 0.3) is 0 Å². The molecule has 0 radical (unpaired) electrons. The second-order valence-corrected chi connectivity index (χ2v) is 4.33. The molecule has 0 aliphatic carbocycles. The molecule has 106 valence electrons. The number of nitrogens with zero attached hydrogens (tertiary/aromatic N) is 2. The van der Waals surface area contributed by atoms with Gasteiger partial charge in [-0.2, -0.15) is 0 Å². The Kier molecular flexibility index (Phi) is 11.1. The van der Waals surface area contributed by atoms with Crippen molar-refractivity contribution in [3.8, 4) is 0 Å². The van der Waals surface area contributed by atoms with E-state index in [0.717, 1.165) is 13.0 Å². The van der Waals surface area contributed by atoms with E-state index in [1.54, 1.807) is 12.5 Å². The lowest BCUT2D eigenvalue weighted by Crippen LogP contribution is -2.42. The molecule has 1 aromatic heterocycles. The lowest BCUT2D eigenvalue weighted by Gasteiger charge is -2.14. The van der Waals surface area contributed by atoms with Crippen LogP contribution < -0.4 is 11.1 Å². The number of nitrogens with two attached hydrogens (primary N) is 1. The summed E-state index contributed by atoms with van der Waals surface area (Å²) in [4.78, 5) is 15.5. The molecule has 3 N–H and O–H groups in total. The van der Waals surface area contributed by atoms with Gasteiger partial charge >= 0.3 is 0 Å². The predicted octanol–water partition coefficient (Wildman–Crippen LogP) is 1.22. The molecule has 1 rings (SSSR count). The smallest absolute Gasteiger partial charge is 0.236 e. The first-order valence-electron chi connectivity index (χ1n) is 5.58. The van der Waals surface area contributed by atoms with Crippen molar-refractivity contribution in [1.82, 2.24) is 14.9 Å². The van der Waals surface area contributed by atoms with Crippen LogP contribution in [0.4, 0.5) is 0 Å². The Morgan fingerprint density at radius 3 is 2.61 bits per heavy atom. The highest BCUT2D eigenvalue weighted by atomic mass is 35.5. The van der Waals surface area contributed by atoms with Crippen molar-refractivity contribution >= 4 is 30.7 Å². The number of aromatic nitrogens is 2. The summed E-state index contributed by atoms with van der Waals surface area (Å²) >= 11 is 0. The second kappa shape index (κ2) is 10.2. The zero-order valence-corrected chi connectivity index (χ0v) is 12.3. The van der Waals surface area contributed by atoms with Crippen LogP contribution in [0.1, 0.15) is 20.3 Å². The fourth-order valence-corrected chi connectivity index (χ4v) is 1.47. The van der Waals surface area contributed by atoms with Gasteiger partial charge in [-0.3, -0.25) is 4.79 Å². The van der Waals surface area contributed by atoms with Crippen LogP contribution >= 0.6 is 24.8 Å². The normalized spacial score (nSPS) is 11.3. The monoisotopic (exact) mass is 296 g/mol. The molecule has 0 unspecified atom stereocenters. The van der Waals surface area contributed by atoms with Gasteiger partial charge in [0.25, 0.3) is 0 Å². The van der Waals surface area contributed by atoms with Crippen LogP contribution in [0, 0.1) is 5.92 Å². The van der Waals surface area contributed by atoms with Gasteiger partial charge in [0.15, 0.2) is 0 Å². The minimum absolute atomic E-state index is 0. The van der Waals surface area contributed by atoms with Gasteiger partial charge in [-0.25, -0.2) is 4.98 Å². The molecule has 7 heteroatoms. The zero-order chi connectivity index (χ0) is 12.0. The van der Waals surface area contributed by atoms with Gasteiger partial charge in [-0.05, 0) is 12.3 Å². The molecule has 18 heavy (non-hydrogen) atoms. The molecule has 0 spiro atoms. The van der Waals surface area contributed by atoms with Crippen LogP contribution in [0.2, 0.25) is 0 Å². The molecule has 0 saturated heterocycles. The maximum absolute atomic E-state index is 11.5. The van der Waals surface area contributed by atoms with Gasteiger partial charge in [-0.15, -0.1) is 24.8 Å². The molecule has 5 nitrogen and oxygen atoms in total. The molecule has 0 saturated carbocycles. The van der Waals surface area contributed by atoms with E-state index >= 15 is 0 Å². The number of hydrogen-bond donors (Lipinski definition) is 2. The van der Waals surface area contributed by atoms with Gasteiger partial charge in [0.2, 0.25) is 5.91 Å². The molecule has 1 atom stereocenters. The first kappa shape index (κ1) is 19.6. The number of amides is 1. The molecule has 1 amide bonds. The standard InChI is InChI=1S/C11H20N4O.2ClH/c1-9(2)7-10(12)11(16)14-4-6-15-5-3-13-8-15;;/h3,5,8-10H,4,6-7,12H2,1-2H3,(H,14,16);2*1H/t10-;;/m0../s1. The molecule has 0 aliphatic rings. The molecule has 0 bridgehead atoms. The van der Waals surface area contributed by atoms with E-state index in [4.69, 9.17) is 5.73 Å². The summed E-state index contributed by atoms with van der Waals surface area (Å²) in [6, 6.07) is -0.400. The third-order valence-corrected chi connectivity index (χ3v) is 2.29. The van der Waals surface area contributed by atoms with Crippen molar-refractivity contribution < 1.29 is 4.79 Å². The summed E-state index contributed by atoms with van der Waals surface area (Å²) in [5.74, 6) is 0.364. The third kappa shape index (κ3) is 7.53. The number of rotatable bonds is 6. The first-order valence-corrected chi connectivity index (χ1v) is 5.58. The molecule has 0 fully saturated rings. The number of halogens is 2. The van der Waals surface area contributed by atoms with Crippen LogP contribution in [-0.2, 0) is 11.3 Å². The first-order chi connectivity index (χ1) is 7.59. The summed E-state index contributed by atoms with van der Waals surface area (Å²) in [7, 11) is 0. The van der Waals surface area contributed by atoms with Crippen molar-refractivity contribution in [2.45, 2.75) is 32.9 Å². The zero-order valence-electron chi connectivity index (χ0n) is 10.7. The van der Waals surface area contributed by atoms with Crippen LogP contribution in [0.5, 0.6) is 0 Å². The van der Waals surface area contributed by atoms with Crippen LogP contribution in [0.15, 0.2) is 18.7 Å². The maximum atomic E-state index is 11.5. The fourth-order valence-electron chi connectivity index (χ4n) is 1.47. The Balaban J connectivity index is 0. The van der Waals surface area contributed by atoms with Crippen LogP contribution in [0.3, 0.4) is 0 Å². The fraction of sp³-hybridized carbons (Fsp3) is 0.636. The van der Waals surface area contributed by atoms with Gasteiger partial charge in [-0.1, -0.05) is 13.8 Å². The Morgan fingerprint density at radius 1 is 1.44 bits per heavy atom. The van der Waals surface area contributed by atoms with E-state index < -0.39 is 6.04 Å². The average Bonchev–Trinajstić information content (AvgIpc) is 2.69. The summed E-state index contributed by atoms with van der Waals surface area (Å²) < 4.78 is 1.91. The van der Waals surface area contributed by atoms with E-state index in [1.165, 1.54) is 0 Å². The second-order valence-electron chi connectivity index (χ2n) is 4.33. The topological polar surface area (TPSA) is 72.9 Å². The van der Waals surface area contributed by atoms with Gasteiger partial charge in [0, 0.05) is 25.5 Å². The average molecular weight is 297 g/mol. The molecular weight excluding hydrogens is 275 g/mol. The van der Waals surface area contributed by atoms with Crippen molar-refractivity contribution in [3.05, 3.63) is 18.7 Å². The third-order valence-electron chi connectivity index (χ3n) is 2.29. The highest BCUT2D eigenvalue weighted by molar-refractivity contribution is 5.85. The minimum atomic E-state index is -0.400. The van der Waals surface area contributed by atoms with E-state index in [1.807, 2.05) is 10.8 Å². The molecular formula is C11H22Cl2N4O. The summed E-state index contributed by atoms with van der Waals surface area (Å²) in [6.07, 6.45) is 6.02. The van der Waals surface area contributed by atoms with E-state index in [-0.39, 0.29) is 30.7 Å². The highest BCUT2D eigenvalue weighted by Gasteiger charge is 2.13. The van der Waals surface area contributed by atoms with Crippen molar-refractivity contribution in [2.24, 2.45) is 11.7 Å². The molecule has 0 aliphatic heterocycles. The van der Waals surface area contributed by atoms with E-state index in [2.05, 4.69) is 24.1 Å².